The van der Waals surface area contributed by atoms with Gasteiger partial charge in [-0.15, -0.1) is 5.10 Å². The van der Waals surface area contributed by atoms with Gasteiger partial charge in [0.05, 0.1) is 11.9 Å². The van der Waals surface area contributed by atoms with Gasteiger partial charge in [0.15, 0.2) is 0 Å². The van der Waals surface area contributed by atoms with Crippen LogP contribution in [0.1, 0.15) is 25.5 Å². The Kier molecular flexibility index (Phi) is 3.44. The molecule has 0 atom stereocenters. The zero-order chi connectivity index (χ0) is 8.81. The molecular weight excluding hydrogens is 154 g/mol. The summed E-state index contributed by atoms with van der Waals surface area (Å²) in [6.45, 7) is 2.97. The average Bonchev–Trinajstić information content (AvgIpc) is 2.50. The Morgan fingerprint density at radius 2 is 2.50 bits per heavy atom. The second-order valence-electron chi connectivity index (χ2n) is 2.65. The van der Waals surface area contributed by atoms with Crippen molar-refractivity contribution in [3.63, 3.8) is 0 Å². The highest BCUT2D eigenvalue weighted by molar-refractivity contribution is 5.49. The Morgan fingerprint density at radius 3 is 3.17 bits per heavy atom. The van der Waals surface area contributed by atoms with Crippen LogP contribution in [0.25, 0.3) is 0 Å². The van der Waals surface area contributed by atoms with Crippen molar-refractivity contribution in [2.75, 3.05) is 0 Å². The lowest BCUT2D eigenvalue weighted by Gasteiger charge is -2.01. The lowest BCUT2D eigenvalue weighted by atomic mass is 10.2. The van der Waals surface area contributed by atoms with E-state index in [2.05, 4.69) is 17.2 Å². The predicted octanol–water partition coefficient (Wildman–Crippen LogP) is 0.820. The van der Waals surface area contributed by atoms with Crippen LogP contribution in [0, 0.1) is 0 Å². The van der Waals surface area contributed by atoms with E-state index in [1.807, 2.05) is 4.68 Å². The lowest BCUT2D eigenvalue weighted by Crippen LogP contribution is -2.04. The summed E-state index contributed by atoms with van der Waals surface area (Å²) in [5, 5.41) is 7.70. The predicted molar refractivity (Wildman–Crippen MR) is 44.7 cm³/mol. The molecule has 12 heavy (non-hydrogen) atoms. The molecule has 0 amide bonds. The van der Waals surface area contributed by atoms with Gasteiger partial charge in [0.1, 0.15) is 6.29 Å². The first-order valence-corrected chi connectivity index (χ1v) is 4.19. The van der Waals surface area contributed by atoms with Gasteiger partial charge in [-0.05, 0) is 12.8 Å². The van der Waals surface area contributed by atoms with Crippen molar-refractivity contribution < 1.29 is 4.79 Å². The Morgan fingerprint density at radius 1 is 1.67 bits per heavy atom. The lowest BCUT2D eigenvalue weighted by molar-refractivity contribution is -0.107. The molecule has 1 aromatic rings. The molecule has 0 aliphatic carbocycles. The van der Waals surface area contributed by atoms with Crippen molar-refractivity contribution in [1.82, 2.24) is 15.0 Å². The van der Waals surface area contributed by atoms with Gasteiger partial charge in [0.2, 0.25) is 0 Å². The average molecular weight is 167 g/mol. The quantitative estimate of drug-likeness (QED) is 0.610. The number of carbonyl (C=O) groups is 1. The van der Waals surface area contributed by atoms with E-state index in [0.717, 1.165) is 31.4 Å². The number of hydrogen-bond donors (Lipinski definition) is 0. The number of aldehydes is 1. The molecule has 0 saturated carbocycles. The first-order valence-electron chi connectivity index (χ1n) is 4.19. The summed E-state index contributed by atoms with van der Waals surface area (Å²) >= 11 is 0. The van der Waals surface area contributed by atoms with Crippen LogP contribution in [-0.4, -0.2) is 21.3 Å². The zero-order valence-electron chi connectivity index (χ0n) is 7.23. The van der Waals surface area contributed by atoms with E-state index < -0.39 is 0 Å². The van der Waals surface area contributed by atoms with Gasteiger partial charge in [-0.3, -0.25) is 0 Å². The fourth-order valence-corrected chi connectivity index (χ4v) is 1.08. The van der Waals surface area contributed by atoms with Gasteiger partial charge in [-0.2, -0.15) is 0 Å². The number of aryl methyl sites for hydroxylation is 2. The van der Waals surface area contributed by atoms with Crippen molar-refractivity contribution >= 4 is 6.29 Å². The van der Waals surface area contributed by atoms with Gasteiger partial charge in [0.25, 0.3) is 0 Å². The number of aromatic nitrogens is 3. The number of nitrogens with zero attached hydrogens (tertiary/aromatic N) is 3. The van der Waals surface area contributed by atoms with Gasteiger partial charge in [-0.1, -0.05) is 12.1 Å². The number of hydrogen-bond acceptors (Lipinski definition) is 3. The molecule has 0 bridgehead atoms. The zero-order valence-corrected chi connectivity index (χ0v) is 7.23. The van der Waals surface area contributed by atoms with E-state index in [9.17, 15) is 4.79 Å². The highest BCUT2D eigenvalue weighted by Crippen LogP contribution is 2.00. The van der Waals surface area contributed by atoms with Gasteiger partial charge in [0, 0.05) is 13.0 Å². The minimum absolute atomic E-state index is 0.553. The first kappa shape index (κ1) is 8.90. The third kappa shape index (κ3) is 2.15. The maximum atomic E-state index is 10.1. The third-order valence-corrected chi connectivity index (χ3v) is 1.65. The van der Waals surface area contributed by atoms with E-state index in [4.69, 9.17) is 0 Å². The van der Waals surface area contributed by atoms with Crippen LogP contribution >= 0.6 is 0 Å². The second-order valence-corrected chi connectivity index (χ2v) is 2.65. The standard InChI is InChI=1S/C8H13N3O/c1-2-5-11-8(4-3-6-12)7-9-10-11/h6-7H,2-5H2,1H3. The summed E-state index contributed by atoms with van der Waals surface area (Å²) in [6, 6.07) is 0. The minimum Gasteiger partial charge on any atom is -0.303 e. The fourth-order valence-electron chi connectivity index (χ4n) is 1.08. The SMILES string of the molecule is CCCn1nncc1CCC=O. The molecule has 0 aliphatic rings. The Hall–Kier alpha value is -1.19. The molecule has 1 aromatic heterocycles. The van der Waals surface area contributed by atoms with Gasteiger partial charge in [-0.25, -0.2) is 4.68 Å². The summed E-state index contributed by atoms with van der Waals surface area (Å²) < 4.78 is 1.85. The molecule has 1 heterocycles. The van der Waals surface area contributed by atoms with Crippen molar-refractivity contribution in [1.29, 1.82) is 0 Å². The van der Waals surface area contributed by atoms with Crippen LogP contribution in [0.15, 0.2) is 6.20 Å². The molecule has 0 radical (unpaired) electrons. The number of rotatable bonds is 5. The van der Waals surface area contributed by atoms with Gasteiger partial charge < -0.3 is 4.79 Å². The second kappa shape index (κ2) is 4.64. The summed E-state index contributed by atoms with van der Waals surface area (Å²) in [7, 11) is 0. The monoisotopic (exact) mass is 167 g/mol. The molecule has 0 unspecified atom stereocenters. The van der Waals surface area contributed by atoms with E-state index in [0.29, 0.717) is 6.42 Å². The summed E-state index contributed by atoms with van der Waals surface area (Å²) in [5.74, 6) is 0. The minimum atomic E-state index is 0.553. The van der Waals surface area contributed by atoms with Crippen LogP contribution in [0.5, 0.6) is 0 Å². The largest absolute Gasteiger partial charge is 0.303 e. The topological polar surface area (TPSA) is 47.8 Å². The van der Waals surface area contributed by atoms with Crippen LogP contribution in [0.2, 0.25) is 0 Å². The summed E-state index contributed by atoms with van der Waals surface area (Å²) in [4.78, 5) is 10.1. The third-order valence-electron chi connectivity index (χ3n) is 1.65. The molecule has 0 spiro atoms. The van der Waals surface area contributed by atoms with Crippen molar-refractivity contribution in [3.05, 3.63) is 11.9 Å². The van der Waals surface area contributed by atoms with Gasteiger partial charge >= 0.3 is 0 Å². The Bertz CT molecular complexity index is 244. The molecular formula is C8H13N3O. The van der Waals surface area contributed by atoms with E-state index >= 15 is 0 Å². The maximum Gasteiger partial charge on any atom is 0.120 e. The van der Waals surface area contributed by atoms with Crippen LogP contribution in [-0.2, 0) is 17.8 Å². The smallest absolute Gasteiger partial charge is 0.120 e. The fraction of sp³-hybridized carbons (Fsp3) is 0.625. The molecule has 4 nitrogen and oxygen atoms in total. The van der Waals surface area contributed by atoms with Crippen molar-refractivity contribution in [3.8, 4) is 0 Å². The Labute approximate surface area is 71.6 Å². The molecule has 0 saturated heterocycles. The summed E-state index contributed by atoms with van der Waals surface area (Å²) in [6.07, 6.45) is 4.98. The van der Waals surface area contributed by atoms with Crippen LogP contribution < -0.4 is 0 Å². The van der Waals surface area contributed by atoms with E-state index in [1.54, 1.807) is 6.20 Å². The first-order chi connectivity index (χ1) is 5.88. The summed E-state index contributed by atoms with van der Waals surface area (Å²) in [5.41, 5.74) is 1.05. The molecule has 0 fully saturated rings. The molecule has 0 aromatic carbocycles. The maximum absolute atomic E-state index is 10.1. The molecule has 4 heteroatoms. The Balaban J connectivity index is 2.56. The normalized spacial score (nSPS) is 10.1. The molecule has 66 valence electrons. The van der Waals surface area contributed by atoms with Crippen molar-refractivity contribution in [2.45, 2.75) is 32.7 Å². The van der Waals surface area contributed by atoms with E-state index in [1.165, 1.54) is 0 Å². The highest BCUT2D eigenvalue weighted by atomic mass is 16.1. The van der Waals surface area contributed by atoms with Crippen molar-refractivity contribution in [2.24, 2.45) is 0 Å². The highest BCUT2D eigenvalue weighted by Gasteiger charge is 2.00. The van der Waals surface area contributed by atoms with Crippen LogP contribution in [0.3, 0.4) is 0 Å². The molecule has 0 N–H and O–H groups in total. The molecule has 0 aliphatic heterocycles. The van der Waals surface area contributed by atoms with E-state index in [-0.39, 0.29) is 0 Å². The molecule has 1 rings (SSSR count). The number of carbonyl (C=O) groups excluding carboxylic acids is 1. The van der Waals surface area contributed by atoms with Crippen LogP contribution in [0.4, 0.5) is 0 Å².